The highest BCUT2D eigenvalue weighted by Crippen LogP contribution is 2.27. The number of ketones is 1. The van der Waals surface area contributed by atoms with Gasteiger partial charge in [0.05, 0.1) is 16.2 Å². The lowest BCUT2D eigenvalue weighted by Gasteiger charge is -2.15. The number of nitrogens with zero attached hydrogens (tertiary/aromatic N) is 3. The largest absolute Gasteiger partial charge is 0.293 e. The number of rotatable bonds is 5. The number of halogens is 1. The van der Waals surface area contributed by atoms with Crippen LogP contribution in [0.4, 0.5) is 0 Å². The summed E-state index contributed by atoms with van der Waals surface area (Å²) < 4.78 is 2.40. The van der Waals surface area contributed by atoms with Crippen molar-refractivity contribution in [3.05, 3.63) is 92.8 Å². The van der Waals surface area contributed by atoms with Crippen molar-refractivity contribution in [1.82, 2.24) is 14.5 Å². The van der Waals surface area contributed by atoms with E-state index in [0.29, 0.717) is 27.4 Å². The van der Waals surface area contributed by atoms with Crippen LogP contribution in [0, 0.1) is 6.92 Å². The summed E-state index contributed by atoms with van der Waals surface area (Å²) in [6.07, 6.45) is 1.66. The normalized spacial score (nSPS) is 12.1. The average Bonchev–Trinajstić information content (AvgIpc) is 2.74. The first-order valence-corrected chi connectivity index (χ1v) is 11.0. The van der Waals surface area contributed by atoms with E-state index >= 15 is 0 Å². The molecule has 4 rings (SSSR count). The number of para-hydroxylation sites is 1. The Kier molecular flexibility index (Phi) is 5.83. The van der Waals surface area contributed by atoms with Crippen molar-refractivity contribution in [1.29, 1.82) is 0 Å². The Bertz CT molecular complexity index is 1300. The number of Topliss-reactive ketones (excluding diaryl/α,β-unsaturated/α-hetero) is 1. The van der Waals surface area contributed by atoms with Crippen molar-refractivity contribution in [2.45, 2.75) is 24.3 Å². The van der Waals surface area contributed by atoms with Crippen LogP contribution in [0.5, 0.6) is 0 Å². The molecular weight excluding hydrogens is 462 g/mol. The lowest BCUT2D eigenvalue weighted by atomic mass is 10.1. The summed E-state index contributed by atoms with van der Waals surface area (Å²) in [6.45, 7) is 3.77. The highest BCUT2D eigenvalue weighted by Gasteiger charge is 2.21. The number of thioether (sulfide) groups is 1. The highest BCUT2D eigenvalue weighted by molar-refractivity contribution is 9.10. The van der Waals surface area contributed by atoms with Crippen LogP contribution < -0.4 is 5.56 Å². The van der Waals surface area contributed by atoms with Crippen LogP contribution in [0.25, 0.3) is 16.7 Å². The monoisotopic (exact) mass is 479 g/mol. The van der Waals surface area contributed by atoms with E-state index < -0.39 is 5.25 Å². The number of hydrogen-bond donors (Lipinski definition) is 0. The van der Waals surface area contributed by atoms with Crippen molar-refractivity contribution >= 4 is 44.4 Å². The summed E-state index contributed by atoms with van der Waals surface area (Å²) in [4.78, 5) is 35.3. The zero-order valence-electron chi connectivity index (χ0n) is 16.4. The van der Waals surface area contributed by atoms with E-state index in [2.05, 4.69) is 20.9 Å². The molecule has 0 N–H and O–H groups in total. The molecule has 1 atom stereocenters. The first-order chi connectivity index (χ1) is 14.4. The van der Waals surface area contributed by atoms with Gasteiger partial charge in [0.25, 0.3) is 5.56 Å². The topological polar surface area (TPSA) is 64.8 Å². The molecule has 0 spiro atoms. The predicted molar refractivity (Wildman–Crippen MR) is 124 cm³/mol. The number of benzene rings is 2. The minimum atomic E-state index is -0.435. The molecule has 0 saturated heterocycles. The average molecular weight is 480 g/mol. The Hall–Kier alpha value is -2.77. The molecule has 0 saturated carbocycles. The molecule has 1 unspecified atom stereocenters. The van der Waals surface area contributed by atoms with E-state index in [1.807, 2.05) is 50.2 Å². The van der Waals surface area contributed by atoms with Crippen LogP contribution in [-0.2, 0) is 0 Å². The van der Waals surface area contributed by atoms with Crippen LogP contribution in [0.2, 0.25) is 0 Å². The molecule has 30 heavy (non-hydrogen) atoms. The minimum Gasteiger partial charge on any atom is -0.293 e. The number of carbonyl (C=O) groups is 1. The van der Waals surface area contributed by atoms with E-state index in [9.17, 15) is 9.59 Å². The maximum Gasteiger partial charge on any atom is 0.267 e. The lowest BCUT2D eigenvalue weighted by molar-refractivity contribution is 0.0994. The highest BCUT2D eigenvalue weighted by atomic mass is 79.9. The molecule has 2 heterocycles. The summed E-state index contributed by atoms with van der Waals surface area (Å²) in [6, 6.07) is 18.2. The maximum atomic E-state index is 13.3. The number of pyridine rings is 1. The van der Waals surface area contributed by atoms with E-state index in [1.165, 1.54) is 16.3 Å². The molecule has 2 aromatic carbocycles. The van der Waals surface area contributed by atoms with Gasteiger partial charge in [-0.3, -0.25) is 9.59 Å². The number of fused-ring (bicyclic) bond motifs is 1. The van der Waals surface area contributed by atoms with Gasteiger partial charge in [-0.05, 0) is 55.8 Å². The summed E-state index contributed by atoms with van der Waals surface area (Å²) >= 11 is 4.64. The Labute approximate surface area is 186 Å². The molecule has 5 nitrogen and oxygen atoms in total. The van der Waals surface area contributed by atoms with Crippen LogP contribution in [-0.4, -0.2) is 25.6 Å². The molecule has 2 aromatic heterocycles. The van der Waals surface area contributed by atoms with Crippen LogP contribution in [0.15, 0.2) is 81.3 Å². The quantitative estimate of drug-likeness (QED) is 0.223. The first kappa shape index (κ1) is 20.5. The van der Waals surface area contributed by atoms with Gasteiger partial charge in [0.1, 0.15) is 5.82 Å². The number of hydrogen-bond acceptors (Lipinski definition) is 5. The van der Waals surface area contributed by atoms with Crippen molar-refractivity contribution in [2.24, 2.45) is 0 Å². The van der Waals surface area contributed by atoms with Crippen molar-refractivity contribution in [3.8, 4) is 5.82 Å². The van der Waals surface area contributed by atoms with Gasteiger partial charge < -0.3 is 0 Å². The summed E-state index contributed by atoms with van der Waals surface area (Å²) in [5, 5.41) is 0.516. The molecule has 0 fully saturated rings. The van der Waals surface area contributed by atoms with Gasteiger partial charge in [0.2, 0.25) is 0 Å². The molecule has 7 heteroatoms. The molecule has 0 bridgehead atoms. The fourth-order valence-electron chi connectivity index (χ4n) is 3.10. The van der Waals surface area contributed by atoms with Gasteiger partial charge in [-0.15, -0.1) is 0 Å². The van der Waals surface area contributed by atoms with Crippen LogP contribution in [0.1, 0.15) is 22.8 Å². The van der Waals surface area contributed by atoms with E-state index in [1.54, 1.807) is 30.5 Å². The van der Waals surface area contributed by atoms with Gasteiger partial charge in [0.15, 0.2) is 10.9 Å². The van der Waals surface area contributed by atoms with Gasteiger partial charge in [-0.1, -0.05) is 52.0 Å². The van der Waals surface area contributed by atoms with Gasteiger partial charge >= 0.3 is 0 Å². The molecule has 150 valence electrons. The minimum absolute atomic E-state index is 0.0290. The van der Waals surface area contributed by atoms with Crippen LogP contribution in [0.3, 0.4) is 0 Å². The summed E-state index contributed by atoms with van der Waals surface area (Å²) in [5.74, 6) is 0.461. The first-order valence-electron chi connectivity index (χ1n) is 9.35. The van der Waals surface area contributed by atoms with Crippen molar-refractivity contribution < 1.29 is 4.79 Å². The smallest absolute Gasteiger partial charge is 0.267 e. The number of aromatic nitrogens is 3. The van der Waals surface area contributed by atoms with Gasteiger partial charge in [-0.2, -0.15) is 0 Å². The third-order valence-electron chi connectivity index (χ3n) is 4.66. The Morgan fingerprint density at radius 1 is 1.10 bits per heavy atom. The molecule has 4 aromatic rings. The second kappa shape index (κ2) is 8.53. The molecule has 0 aliphatic rings. The van der Waals surface area contributed by atoms with Gasteiger partial charge in [-0.25, -0.2) is 14.5 Å². The zero-order valence-corrected chi connectivity index (χ0v) is 18.8. The maximum absolute atomic E-state index is 13.3. The fraction of sp³-hybridized carbons (Fsp3) is 0.130. The lowest BCUT2D eigenvalue weighted by Crippen LogP contribution is -2.24. The Morgan fingerprint density at radius 3 is 2.57 bits per heavy atom. The van der Waals surface area contributed by atoms with Crippen molar-refractivity contribution in [2.75, 3.05) is 0 Å². The molecule has 0 radical (unpaired) electrons. The Balaban J connectivity index is 1.81. The second-order valence-corrected chi connectivity index (χ2v) is 9.10. The number of aryl methyl sites for hydroxylation is 1. The summed E-state index contributed by atoms with van der Waals surface area (Å²) in [5.41, 5.74) is 1.98. The van der Waals surface area contributed by atoms with E-state index in [0.717, 1.165) is 10.0 Å². The zero-order chi connectivity index (χ0) is 21.3. The van der Waals surface area contributed by atoms with Crippen LogP contribution >= 0.6 is 27.7 Å². The standard InChI is InChI=1S/C23H18BrN3O2S/c1-14-11-12-25-20(13-14)27-22(29)18-5-3-4-6-19(18)26-23(27)30-15(2)21(28)16-7-9-17(24)10-8-16/h3-13,15H,1-2H3. The SMILES string of the molecule is Cc1ccnc(-n2c(SC(C)C(=O)c3ccc(Br)cc3)nc3ccccc3c2=O)c1. The molecular formula is C23H18BrN3O2S. The third kappa shape index (κ3) is 4.08. The second-order valence-electron chi connectivity index (χ2n) is 6.87. The number of carbonyl (C=O) groups excluding carboxylic acids is 1. The van der Waals surface area contributed by atoms with E-state index in [4.69, 9.17) is 4.98 Å². The van der Waals surface area contributed by atoms with E-state index in [-0.39, 0.29) is 11.3 Å². The molecule has 0 aliphatic heterocycles. The fourth-order valence-corrected chi connectivity index (χ4v) is 4.35. The third-order valence-corrected chi connectivity index (χ3v) is 6.24. The Morgan fingerprint density at radius 2 is 1.83 bits per heavy atom. The van der Waals surface area contributed by atoms with Gasteiger partial charge in [0, 0.05) is 16.2 Å². The predicted octanol–water partition coefficient (Wildman–Crippen LogP) is 5.22. The summed E-state index contributed by atoms with van der Waals surface area (Å²) in [7, 11) is 0. The molecule has 0 aliphatic carbocycles. The van der Waals surface area contributed by atoms with Crippen molar-refractivity contribution in [3.63, 3.8) is 0 Å². The molecule has 0 amide bonds.